The van der Waals surface area contributed by atoms with Crippen molar-refractivity contribution in [3.8, 4) is 0 Å². The third-order valence-corrected chi connectivity index (χ3v) is 2.90. The first kappa shape index (κ1) is 16.4. The van der Waals surface area contributed by atoms with Crippen molar-refractivity contribution in [2.45, 2.75) is 65.0 Å². The number of ether oxygens (including phenoxy) is 1. The Morgan fingerprint density at radius 2 is 2.06 bits per heavy atom. The lowest BCUT2D eigenvalue weighted by atomic mass is 9.93. The Morgan fingerprint density at radius 1 is 1.41 bits per heavy atom. The maximum absolute atomic E-state index is 11.5. The number of hydrogen-bond donors (Lipinski definition) is 2. The number of amides is 1. The first-order valence-corrected chi connectivity index (χ1v) is 6.62. The van der Waals surface area contributed by atoms with Gasteiger partial charge in [0.25, 0.3) is 0 Å². The average molecular weight is 244 g/mol. The molecule has 0 spiro atoms. The van der Waals surface area contributed by atoms with Crippen molar-refractivity contribution in [3.63, 3.8) is 0 Å². The highest BCUT2D eigenvalue weighted by atomic mass is 16.5. The lowest BCUT2D eigenvalue weighted by molar-refractivity contribution is -0.125. The summed E-state index contributed by atoms with van der Waals surface area (Å²) in [6.07, 6.45) is 3.82. The zero-order chi connectivity index (χ0) is 13.3. The summed E-state index contributed by atoms with van der Waals surface area (Å²) in [5.41, 5.74) is 4.79. The van der Waals surface area contributed by atoms with E-state index in [0.717, 1.165) is 32.4 Å². The highest BCUT2D eigenvalue weighted by molar-refractivity contribution is 5.84. The fraction of sp³-hybridized carbons (Fsp3) is 0.923. The van der Waals surface area contributed by atoms with Gasteiger partial charge < -0.3 is 15.8 Å². The minimum Gasteiger partial charge on any atom is -0.378 e. The van der Waals surface area contributed by atoms with Crippen LogP contribution in [0.15, 0.2) is 0 Å². The Kier molecular flexibility index (Phi) is 8.17. The number of primary amides is 1. The van der Waals surface area contributed by atoms with Gasteiger partial charge in [0, 0.05) is 13.0 Å². The van der Waals surface area contributed by atoms with E-state index in [1.165, 1.54) is 0 Å². The molecular weight excluding hydrogens is 216 g/mol. The molecule has 2 unspecified atom stereocenters. The summed E-state index contributed by atoms with van der Waals surface area (Å²) in [4.78, 5) is 11.5. The van der Waals surface area contributed by atoms with E-state index in [2.05, 4.69) is 19.2 Å². The van der Waals surface area contributed by atoms with Gasteiger partial charge >= 0.3 is 0 Å². The van der Waals surface area contributed by atoms with Gasteiger partial charge in [-0.2, -0.15) is 0 Å². The van der Waals surface area contributed by atoms with E-state index in [9.17, 15) is 4.79 Å². The fourth-order valence-electron chi connectivity index (χ4n) is 1.72. The van der Waals surface area contributed by atoms with Gasteiger partial charge in [-0.3, -0.25) is 4.79 Å². The predicted octanol–water partition coefficient (Wildman–Crippen LogP) is 1.83. The monoisotopic (exact) mass is 244 g/mol. The number of hydrogen-bond acceptors (Lipinski definition) is 3. The molecule has 1 amide bonds. The summed E-state index contributed by atoms with van der Waals surface area (Å²) in [6, 6.07) is 0. The number of carbonyl (C=O) groups excluding carboxylic acids is 1. The van der Waals surface area contributed by atoms with E-state index in [1.807, 2.05) is 13.8 Å². The van der Waals surface area contributed by atoms with Crippen LogP contribution in [0.25, 0.3) is 0 Å². The largest absolute Gasteiger partial charge is 0.378 e. The standard InChI is InChI=1S/C13H28N2O2/c1-5-7-9-17-11(3)10-13(4,12(14)16)15-8-6-2/h11,15H,5-10H2,1-4H3,(H2,14,16). The van der Waals surface area contributed by atoms with Gasteiger partial charge in [0.15, 0.2) is 0 Å². The molecule has 4 heteroatoms. The van der Waals surface area contributed by atoms with Gasteiger partial charge in [-0.25, -0.2) is 0 Å². The molecule has 0 aromatic rings. The molecule has 0 rings (SSSR count). The average Bonchev–Trinajstić information content (AvgIpc) is 2.26. The topological polar surface area (TPSA) is 64.3 Å². The third kappa shape index (κ3) is 6.64. The lowest BCUT2D eigenvalue weighted by Gasteiger charge is -2.30. The number of carbonyl (C=O) groups is 1. The van der Waals surface area contributed by atoms with Crippen LogP contribution in [0.2, 0.25) is 0 Å². The number of unbranched alkanes of at least 4 members (excludes halogenated alkanes) is 1. The molecule has 102 valence electrons. The highest BCUT2D eigenvalue weighted by Gasteiger charge is 2.32. The molecule has 0 bridgehead atoms. The summed E-state index contributed by atoms with van der Waals surface area (Å²) in [5, 5.41) is 3.21. The minimum absolute atomic E-state index is 0.0448. The molecule has 0 fully saturated rings. The van der Waals surface area contributed by atoms with Gasteiger partial charge in [-0.15, -0.1) is 0 Å². The van der Waals surface area contributed by atoms with Crippen molar-refractivity contribution >= 4 is 5.91 Å². The summed E-state index contributed by atoms with van der Waals surface area (Å²) in [6.45, 7) is 9.58. The van der Waals surface area contributed by atoms with Crippen molar-refractivity contribution < 1.29 is 9.53 Å². The first-order chi connectivity index (χ1) is 7.96. The molecule has 4 nitrogen and oxygen atoms in total. The van der Waals surface area contributed by atoms with Crippen LogP contribution in [-0.4, -0.2) is 30.7 Å². The second-order valence-corrected chi connectivity index (χ2v) is 4.86. The number of nitrogens with one attached hydrogen (secondary N) is 1. The van der Waals surface area contributed by atoms with Gasteiger partial charge in [-0.1, -0.05) is 20.3 Å². The first-order valence-electron chi connectivity index (χ1n) is 6.62. The Hall–Kier alpha value is -0.610. The van der Waals surface area contributed by atoms with E-state index >= 15 is 0 Å². The summed E-state index contributed by atoms with van der Waals surface area (Å²) >= 11 is 0. The van der Waals surface area contributed by atoms with Crippen LogP contribution in [0.1, 0.15) is 53.4 Å². The summed E-state index contributed by atoms with van der Waals surface area (Å²) < 4.78 is 5.66. The zero-order valence-corrected chi connectivity index (χ0v) is 11.7. The second kappa shape index (κ2) is 8.48. The normalized spacial score (nSPS) is 16.5. The smallest absolute Gasteiger partial charge is 0.237 e. The quantitative estimate of drug-likeness (QED) is 0.576. The molecule has 2 atom stereocenters. The lowest BCUT2D eigenvalue weighted by Crippen LogP contribution is -2.55. The van der Waals surface area contributed by atoms with Crippen molar-refractivity contribution in [1.29, 1.82) is 0 Å². The molecule has 0 aliphatic heterocycles. The fourth-order valence-corrected chi connectivity index (χ4v) is 1.72. The van der Waals surface area contributed by atoms with Crippen LogP contribution in [0.5, 0.6) is 0 Å². The van der Waals surface area contributed by atoms with E-state index in [4.69, 9.17) is 10.5 Å². The van der Waals surface area contributed by atoms with Crippen LogP contribution in [0, 0.1) is 0 Å². The number of nitrogens with two attached hydrogens (primary N) is 1. The van der Waals surface area contributed by atoms with Gasteiger partial charge in [0.05, 0.1) is 11.6 Å². The molecule has 0 heterocycles. The molecule has 17 heavy (non-hydrogen) atoms. The summed E-state index contributed by atoms with van der Waals surface area (Å²) in [5.74, 6) is -0.308. The van der Waals surface area contributed by atoms with Crippen LogP contribution >= 0.6 is 0 Å². The molecule has 0 saturated heterocycles. The van der Waals surface area contributed by atoms with Gasteiger partial charge in [0.2, 0.25) is 5.91 Å². The molecule has 0 aliphatic carbocycles. The Balaban J connectivity index is 4.18. The zero-order valence-electron chi connectivity index (χ0n) is 11.7. The molecule has 0 aromatic heterocycles. The Labute approximate surface area is 105 Å². The predicted molar refractivity (Wildman–Crippen MR) is 70.8 cm³/mol. The minimum atomic E-state index is -0.665. The summed E-state index contributed by atoms with van der Waals surface area (Å²) in [7, 11) is 0. The van der Waals surface area contributed by atoms with Crippen LogP contribution in [0.3, 0.4) is 0 Å². The van der Waals surface area contributed by atoms with Crippen LogP contribution in [0.4, 0.5) is 0 Å². The Bertz CT molecular complexity index is 221. The van der Waals surface area contributed by atoms with Crippen molar-refractivity contribution in [2.24, 2.45) is 5.73 Å². The molecule has 0 radical (unpaired) electrons. The van der Waals surface area contributed by atoms with E-state index < -0.39 is 5.54 Å². The SMILES string of the molecule is CCCCOC(C)CC(C)(NCCC)C(N)=O. The molecule has 0 aliphatic rings. The highest BCUT2D eigenvalue weighted by Crippen LogP contribution is 2.14. The maximum atomic E-state index is 11.5. The molecule has 0 aromatic carbocycles. The Morgan fingerprint density at radius 3 is 2.53 bits per heavy atom. The van der Waals surface area contributed by atoms with E-state index in [1.54, 1.807) is 0 Å². The van der Waals surface area contributed by atoms with Crippen molar-refractivity contribution in [1.82, 2.24) is 5.32 Å². The van der Waals surface area contributed by atoms with Gasteiger partial charge in [0.1, 0.15) is 0 Å². The van der Waals surface area contributed by atoms with Crippen molar-refractivity contribution in [3.05, 3.63) is 0 Å². The molecular formula is C13H28N2O2. The second-order valence-electron chi connectivity index (χ2n) is 4.86. The maximum Gasteiger partial charge on any atom is 0.237 e. The van der Waals surface area contributed by atoms with E-state index in [0.29, 0.717) is 6.42 Å². The molecule has 0 saturated carbocycles. The van der Waals surface area contributed by atoms with Crippen LogP contribution < -0.4 is 11.1 Å². The third-order valence-electron chi connectivity index (χ3n) is 2.90. The van der Waals surface area contributed by atoms with Crippen LogP contribution in [-0.2, 0) is 9.53 Å². The molecule has 3 N–H and O–H groups in total. The van der Waals surface area contributed by atoms with E-state index in [-0.39, 0.29) is 12.0 Å². The number of rotatable bonds is 10. The van der Waals surface area contributed by atoms with Crippen molar-refractivity contribution in [2.75, 3.05) is 13.2 Å². The van der Waals surface area contributed by atoms with Gasteiger partial charge in [-0.05, 0) is 33.2 Å².